The van der Waals surface area contributed by atoms with Crippen molar-refractivity contribution in [2.45, 2.75) is 36.6 Å². The highest BCUT2D eigenvalue weighted by molar-refractivity contribution is 7.92. The summed E-state index contributed by atoms with van der Waals surface area (Å²) in [4.78, 5) is 2.44. The van der Waals surface area contributed by atoms with E-state index in [1.807, 2.05) is 6.07 Å². The van der Waals surface area contributed by atoms with Crippen LogP contribution in [0.3, 0.4) is 0 Å². The van der Waals surface area contributed by atoms with Gasteiger partial charge in [0, 0.05) is 24.8 Å². The van der Waals surface area contributed by atoms with E-state index in [-0.39, 0.29) is 4.90 Å². The number of sulfonamides is 1. The molecular formula is C21H26N4O3S2. The van der Waals surface area contributed by atoms with Crippen molar-refractivity contribution in [3.63, 3.8) is 0 Å². The van der Waals surface area contributed by atoms with Crippen molar-refractivity contribution in [3.8, 4) is 5.75 Å². The second kappa shape index (κ2) is 8.69. The van der Waals surface area contributed by atoms with E-state index in [4.69, 9.17) is 17.0 Å². The minimum Gasteiger partial charge on any atom is -0.497 e. The average molecular weight is 447 g/mol. The number of thiocarbonyl (C=S) groups is 1. The van der Waals surface area contributed by atoms with E-state index in [9.17, 15) is 8.42 Å². The predicted molar refractivity (Wildman–Crippen MR) is 124 cm³/mol. The van der Waals surface area contributed by atoms with Crippen molar-refractivity contribution < 1.29 is 13.2 Å². The van der Waals surface area contributed by atoms with E-state index in [1.54, 1.807) is 43.5 Å². The molecule has 4 rings (SSSR count). The Kier molecular flexibility index (Phi) is 6.01. The molecule has 0 atom stereocenters. The van der Waals surface area contributed by atoms with Crippen LogP contribution in [0.2, 0.25) is 0 Å². The van der Waals surface area contributed by atoms with Gasteiger partial charge in [0.2, 0.25) is 0 Å². The van der Waals surface area contributed by atoms with Gasteiger partial charge in [-0.25, -0.2) is 8.42 Å². The Morgan fingerprint density at radius 1 is 1.10 bits per heavy atom. The fourth-order valence-corrected chi connectivity index (χ4v) is 4.82. The van der Waals surface area contributed by atoms with Crippen molar-refractivity contribution in [1.29, 1.82) is 0 Å². The first-order valence-corrected chi connectivity index (χ1v) is 12.0. The van der Waals surface area contributed by atoms with Gasteiger partial charge in [-0.3, -0.25) is 4.72 Å². The lowest BCUT2D eigenvalue weighted by molar-refractivity contribution is 0.415. The Bertz CT molecular complexity index is 1020. The van der Waals surface area contributed by atoms with Crippen LogP contribution in [-0.4, -0.2) is 39.8 Å². The number of hydrogen-bond donors (Lipinski definition) is 3. The molecule has 1 heterocycles. The molecule has 0 spiro atoms. The van der Waals surface area contributed by atoms with Gasteiger partial charge in [-0.1, -0.05) is 0 Å². The zero-order chi connectivity index (χ0) is 21.1. The molecule has 0 amide bonds. The summed E-state index contributed by atoms with van der Waals surface area (Å²) in [6.45, 7) is 1.90. The third-order valence-corrected chi connectivity index (χ3v) is 6.83. The number of rotatable bonds is 7. The summed E-state index contributed by atoms with van der Waals surface area (Å²) in [5, 5.41) is 7.00. The molecule has 0 aromatic heterocycles. The average Bonchev–Trinajstić information content (AvgIpc) is 3.37. The second-order valence-electron chi connectivity index (χ2n) is 7.58. The standard InChI is InChI=1S/C21H26N4O3S2/c1-28-17-8-6-16(7-9-17)24-30(26,27)18-10-11-20(25-12-2-3-13-25)19(14-18)23-21(29)22-15-4-5-15/h6-11,14-15,24H,2-5,12-13H2,1H3,(H2,22,23,29). The largest absolute Gasteiger partial charge is 0.497 e. The molecule has 30 heavy (non-hydrogen) atoms. The van der Waals surface area contributed by atoms with E-state index in [0.717, 1.165) is 44.5 Å². The molecule has 1 saturated heterocycles. The van der Waals surface area contributed by atoms with Gasteiger partial charge in [-0.15, -0.1) is 0 Å². The number of hydrogen-bond acceptors (Lipinski definition) is 5. The van der Waals surface area contributed by atoms with Crippen LogP contribution in [0, 0.1) is 0 Å². The topological polar surface area (TPSA) is 82.7 Å². The molecule has 0 unspecified atom stereocenters. The number of anilines is 3. The summed E-state index contributed by atoms with van der Waals surface area (Å²) < 4.78 is 33.7. The van der Waals surface area contributed by atoms with E-state index in [2.05, 4.69) is 20.3 Å². The molecule has 1 aliphatic carbocycles. The third-order valence-electron chi connectivity index (χ3n) is 5.23. The van der Waals surface area contributed by atoms with E-state index in [1.165, 1.54) is 0 Å². The number of methoxy groups -OCH3 is 1. The van der Waals surface area contributed by atoms with Crippen LogP contribution in [0.15, 0.2) is 47.4 Å². The van der Waals surface area contributed by atoms with Crippen molar-refractivity contribution in [1.82, 2.24) is 5.32 Å². The van der Waals surface area contributed by atoms with Crippen molar-refractivity contribution in [2.24, 2.45) is 0 Å². The normalized spacial score (nSPS) is 16.2. The third kappa shape index (κ3) is 4.96. The Morgan fingerprint density at radius 2 is 1.80 bits per heavy atom. The van der Waals surface area contributed by atoms with Crippen LogP contribution in [0.1, 0.15) is 25.7 Å². The highest BCUT2D eigenvalue weighted by atomic mass is 32.2. The van der Waals surface area contributed by atoms with Gasteiger partial charge in [0.25, 0.3) is 10.0 Å². The molecule has 9 heteroatoms. The number of nitrogens with zero attached hydrogens (tertiary/aromatic N) is 1. The summed E-state index contributed by atoms with van der Waals surface area (Å²) in [7, 11) is -2.19. The van der Waals surface area contributed by atoms with Crippen LogP contribution in [-0.2, 0) is 10.0 Å². The Labute approximate surface area is 182 Å². The molecule has 1 aliphatic heterocycles. The summed E-state index contributed by atoms with van der Waals surface area (Å²) in [6.07, 6.45) is 4.48. The monoisotopic (exact) mass is 446 g/mol. The molecular weight excluding hydrogens is 420 g/mol. The quantitative estimate of drug-likeness (QED) is 0.561. The van der Waals surface area contributed by atoms with Gasteiger partial charge in [-0.2, -0.15) is 0 Å². The zero-order valence-electron chi connectivity index (χ0n) is 16.8. The Morgan fingerprint density at radius 3 is 2.43 bits per heavy atom. The van der Waals surface area contributed by atoms with Crippen molar-refractivity contribution in [2.75, 3.05) is 35.1 Å². The van der Waals surface area contributed by atoms with Gasteiger partial charge in [-0.05, 0) is 80.4 Å². The first kappa shape index (κ1) is 20.7. The van der Waals surface area contributed by atoms with Crippen LogP contribution >= 0.6 is 12.2 Å². The van der Waals surface area contributed by atoms with E-state index >= 15 is 0 Å². The molecule has 160 valence electrons. The fourth-order valence-electron chi connectivity index (χ4n) is 3.46. The molecule has 0 radical (unpaired) electrons. The predicted octanol–water partition coefficient (Wildman–Crippen LogP) is 3.55. The highest BCUT2D eigenvalue weighted by Crippen LogP contribution is 2.32. The maximum atomic E-state index is 13.0. The molecule has 3 N–H and O–H groups in total. The molecule has 2 fully saturated rings. The smallest absolute Gasteiger partial charge is 0.261 e. The summed E-state index contributed by atoms with van der Waals surface area (Å²) in [5.74, 6) is 0.663. The highest BCUT2D eigenvalue weighted by Gasteiger charge is 2.24. The van der Waals surface area contributed by atoms with E-state index in [0.29, 0.717) is 28.3 Å². The molecule has 0 bridgehead atoms. The maximum absolute atomic E-state index is 13.0. The SMILES string of the molecule is COc1ccc(NS(=O)(=O)c2ccc(N3CCCC3)c(NC(=S)NC3CC3)c2)cc1. The van der Waals surface area contributed by atoms with Crippen LogP contribution in [0.4, 0.5) is 17.1 Å². The molecule has 2 aromatic carbocycles. The summed E-state index contributed by atoms with van der Waals surface area (Å²) in [5.41, 5.74) is 2.14. The molecule has 1 saturated carbocycles. The van der Waals surface area contributed by atoms with Gasteiger partial charge in [0.15, 0.2) is 5.11 Å². The summed E-state index contributed by atoms with van der Waals surface area (Å²) >= 11 is 5.43. The minimum absolute atomic E-state index is 0.179. The maximum Gasteiger partial charge on any atom is 0.261 e. The lowest BCUT2D eigenvalue weighted by Crippen LogP contribution is -2.31. The van der Waals surface area contributed by atoms with E-state index < -0.39 is 10.0 Å². The fraction of sp³-hybridized carbons (Fsp3) is 0.381. The second-order valence-corrected chi connectivity index (χ2v) is 9.67. The lowest BCUT2D eigenvalue weighted by Gasteiger charge is -2.23. The Hall–Kier alpha value is -2.52. The first-order valence-electron chi connectivity index (χ1n) is 10.1. The van der Waals surface area contributed by atoms with Gasteiger partial charge in [0.05, 0.1) is 23.4 Å². The van der Waals surface area contributed by atoms with Crippen LogP contribution < -0.4 is 25.0 Å². The Balaban J connectivity index is 1.59. The minimum atomic E-state index is -3.76. The molecule has 7 nitrogen and oxygen atoms in total. The van der Waals surface area contributed by atoms with Gasteiger partial charge >= 0.3 is 0 Å². The zero-order valence-corrected chi connectivity index (χ0v) is 18.5. The first-order chi connectivity index (χ1) is 14.4. The summed E-state index contributed by atoms with van der Waals surface area (Å²) in [6, 6.07) is 12.3. The van der Waals surface area contributed by atoms with Crippen LogP contribution in [0.25, 0.3) is 0 Å². The number of ether oxygens (including phenoxy) is 1. The molecule has 2 aliphatic rings. The number of nitrogens with one attached hydrogen (secondary N) is 3. The van der Waals surface area contributed by atoms with Crippen molar-refractivity contribution >= 4 is 44.4 Å². The lowest BCUT2D eigenvalue weighted by atomic mass is 10.2. The van der Waals surface area contributed by atoms with Gasteiger partial charge in [0.1, 0.15) is 5.75 Å². The van der Waals surface area contributed by atoms with Crippen LogP contribution in [0.5, 0.6) is 5.75 Å². The van der Waals surface area contributed by atoms with Gasteiger partial charge < -0.3 is 20.3 Å². The van der Waals surface area contributed by atoms with Crippen molar-refractivity contribution in [3.05, 3.63) is 42.5 Å². The number of benzene rings is 2. The molecule has 2 aromatic rings.